The maximum absolute atomic E-state index is 12.4. The lowest BCUT2D eigenvalue weighted by atomic mass is 10.1. The normalized spacial score (nSPS) is 13.7. The van der Waals surface area contributed by atoms with Crippen molar-refractivity contribution in [1.82, 2.24) is 14.5 Å². The van der Waals surface area contributed by atoms with E-state index in [1.807, 2.05) is 25.1 Å². The topological polar surface area (TPSA) is 75.4 Å². The third-order valence-electron chi connectivity index (χ3n) is 3.44. The van der Waals surface area contributed by atoms with Gasteiger partial charge in [-0.2, -0.15) is 0 Å². The second-order valence-corrected chi connectivity index (χ2v) is 4.90. The Bertz CT molecular complexity index is 733. The van der Waals surface area contributed by atoms with Crippen molar-refractivity contribution in [2.45, 2.75) is 13.5 Å². The van der Waals surface area contributed by atoms with Crippen LogP contribution in [0.25, 0.3) is 5.69 Å². The fourth-order valence-corrected chi connectivity index (χ4v) is 2.44. The Balaban J connectivity index is 2.31. The molecule has 0 spiro atoms. The van der Waals surface area contributed by atoms with Crippen LogP contribution in [0.2, 0.25) is 0 Å². The molecule has 102 valence electrons. The number of nitrogens with zero attached hydrogens (tertiary/aromatic N) is 3. The van der Waals surface area contributed by atoms with Crippen molar-refractivity contribution in [3.8, 4) is 5.69 Å². The highest BCUT2D eigenvalue weighted by Crippen LogP contribution is 2.26. The number of benzene rings is 1. The molecule has 0 bridgehead atoms. The summed E-state index contributed by atoms with van der Waals surface area (Å²) in [4.78, 5) is 29.1. The van der Waals surface area contributed by atoms with Crippen molar-refractivity contribution in [1.29, 1.82) is 0 Å². The van der Waals surface area contributed by atoms with Crippen LogP contribution in [0.15, 0.2) is 24.5 Å². The van der Waals surface area contributed by atoms with Gasteiger partial charge in [0.15, 0.2) is 5.69 Å². The van der Waals surface area contributed by atoms with Crippen LogP contribution in [-0.2, 0) is 6.54 Å². The molecule has 0 atom stereocenters. The van der Waals surface area contributed by atoms with Gasteiger partial charge in [-0.3, -0.25) is 9.36 Å². The highest BCUT2D eigenvalue weighted by molar-refractivity contribution is 5.99. The number of carboxylic acids is 1. The van der Waals surface area contributed by atoms with Crippen LogP contribution in [0.5, 0.6) is 0 Å². The molecule has 0 fully saturated rings. The predicted octanol–water partition coefficient (Wildman–Crippen LogP) is 1.46. The number of fused-ring (bicyclic) bond motifs is 3. The molecule has 6 heteroatoms. The summed E-state index contributed by atoms with van der Waals surface area (Å²) in [5.41, 5.74) is 2.70. The number of amides is 1. The molecule has 1 N–H and O–H groups in total. The third-order valence-corrected chi connectivity index (χ3v) is 3.44. The number of carboxylic acid groups (broad SMARTS) is 1. The molecule has 1 amide bonds. The third kappa shape index (κ3) is 1.69. The molecule has 1 aliphatic heterocycles. The van der Waals surface area contributed by atoms with Gasteiger partial charge in [-0.25, -0.2) is 9.78 Å². The maximum Gasteiger partial charge on any atom is 0.356 e. The van der Waals surface area contributed by atoms with E-state index in [4.69, 9.17) is 0 Å². The van der Waals surface area contributed by atoms with E-state index >= 15 is 0 Å². The van der Waals surface area contributed by atoms with E-state index in [1.165, 1.54) is 11.2 Å². The highest BCUT2D eigenvalue weighted by Gasteiger charge is 2.28. The van der Waals surface area contributed by atoms with Gasteiger partial charge in [0.1, 0.15) is 6.33 Å². The lowest BCUT2D eigenvalue weighted by Crippen LogP contribution is -2.25. The number of aromatic nitrogens is 2. The lowest BCUT2D eigenvalue weighted by Gasteiger charge is -2.14. The molecule has 0 saturated carbocycles. The van der Waals surface area contributed by atoms with Crippen molar-refractivity contribution in [2.75, 3.05) is 7.05 Å². The summed E-state index contributed by atoms with van der Waals surface area (Å²) in [7, 11) is 1.66. The van der Waals surface area contributed by atoms with E-state index in [0.29, 0.717) is 16.9 Å². The van der Waals surface area contributed by atoms with Gasteiger partial charge < -0.3 is 10.0 Å². The van der Waals surface area contributed by atoms with E-state index < -0.39 is 5.97 Å². The summed E-state index contributed by atoms with van der Waals surface area (Å²) in [6, 6.07) is 5.52. The van der Waals surface area contributed by atoms with Crippen LogP contribution >= 0.6 is 0 Å². The number of hydrogen-bond acceptors (Lipinski definition) is 3. The fourth-order valence-electron chi connectivity index (χ4n) is 2.44. The van der Waals surface area contributed by atoms with E-state index in [-0.39, 0.29) is 18.1 Å². The lowest BCUT2D eigenvalue weighted by molar-refractivity contribution is 0.0683. The molecule has 1 aliphatic rings. The molecule has 0 saturated heterocycles. The van der Waals surface area contributed by atoms with E-state index in [2.05, 4.69) is 4.98 Å². The van der Waals surface area contributed by atoms with Crippen molar-refractivity contribution in [3.05, 3.63) is 47.0 Å². The van der Waals surface area contributed by atoms with Gasteiger partial charge in [0.25, 0.3) is 5.91 Å². The molecule has 20 heavy (non-hydrogen) atoms. The van der Waals surface area contributed by atoms with Gasteiger partial charge in [0, 0.05) is 7.05 Å². The largest absolute Gasteiger partial charge is 0.476 e. The van der Waals surface area contributed by atoms with Crippen molar-refractivity contribution >= 4 is 11.9 Å². The zero-order valence-electron chi connectivity index (χ0n) is 11.1. The minimum atomic E-state index is -1.09. The highest BCUT2D eigenvalue weighted by atomic mass is 16.4. The Kier molecular flexibility index (Phi) is 2.60. The Labute approximate surface area is 115 Å². The standard InChI is InChI=1S/C14H13N3O3/c1-8-3-4-10-9(5-8)13(18)16(2)6-11-12(14(19)20)15-7-17(10)11/h3-5,7H,6H2,1-2H3,(H,19,20). The first-order valence-corrected chi connectivity index (χ1v) is 6.15. The summed E-state index contributed by atoms with van der Waals surface area (Å²) >= 11 is 0. The van der Waals surface area contributed by atoms with Crippen LogP contribution in [-0.4, -0.2) is 38.5 Å². The van der Waals surface area contributed by atoms with Crippen molar-refractivity contribution in [2.24, 2.45) is 0 Å². The zero-order chi connectivity index (χ0) is 14.4. The monoisotopic (exact) mass is 271 g/mol. The number of hydrogen-bond donors (Lipinski definition) is 1. The first-order valence-electron chi connectivity index (χ1n) is 6.15. The molecule has 2 aromatic rings. The van der Waals surface area contributed by atoms with Crippen LogP contribution in [0, 0.1) is 6.92 Å². The van der Waals surface area contributed by atoms with Crippen LogP contribution < -0.4 is 0 Å². The predicted molar refractivity (Wildman–Crippen MR) is 71.1 cm³/mol. The quantitative estimate of drug-likeness (QED) is 0.852. The van der Waals surface area contributed by atoms with Crippen LogP contribution in [0.3, 0.4) is 0 Å². The minimum absolute atomic E-state index is 0.0157. The number of carbonyl (C=O) groups excluding carboxylic acids is 1. The number of carbonyl (C=O) groups is 2. The summed E-state index contributed by atoms with van der Waals surface area (Å²) in [5.74, 6) is -1.21. The van der Waals surface area contributed by atoms with Gasteiger partial charge in [0.05, 0.1) is 23.5 Å². The molecule has 0 aliphatic carbocycles. The van der Waals surface area contributed by atoms with Crippen LogP contribution in [0.4, 0.5) is 0 Å². The SMILES string of the molecule is Cc1ccc2c(c1)C(=O)N(C)Cc1c(C(=O)O)ncn1-2. The van der Waals surface area contributed by atoms with E-state index in [9.17, 15) is 14.7 Å². The molecular weight excluding hydrogens is 258 g/mol. The van der Waals surface area contributed by atoms with Crippen molar-refractivity contribution in [3.63, 3.8) is 0 Å². The van der Waals surface area contributed by atoms with Crippen LogP contribution in [0.1, 0.15) is 32.1 Å². The van der Waals surface area contributed by atoms with Crippen molar-refractivity contribution < 1.29 is 14.7 Å². The molecular formula is C14H13N3O3. The van der Waals surface area contributed by atoms with Gasteiger partial charge >= 0.3 is 5.97 Å². The number of rotatable bonds is 1. The Morgan fingerprint density at radius 1 is 1.40 bits per heavy atom. The summed E-state index contributed by atoms with van der Waals surface area (Å²) in [6.07, 6.45) is 1.46. The zero-order valence-corrected chi connectivity index (χ0v) is 11.1. The average Bonchev–Trinajstić information content (AvgIpc) is 2.77. The molecule has 1 aromatic carbocycles. The second kappa shape index (κ2) is 4.19. The van der Waals surface area contributed by atoms with Gasteiger partial charge in [0.2, 0.25) is 0 Å². The number of imidazole rings is 1. The van der Waals surface area contributed by atoms with Gasteiger partial charge in [-0.05, 0) is 19.1 Å². The molecule has 0 unspecified atom stereocenters. The number of aromatic carboxylic acids is 1. The fraction of sp³-hybridized carbons (Fsp3) is 0.214. The molecule has 2 heterocycles. The Morgan fingerprint density at radius 3 is 2.85 bits per heavy atom. The average molecular weight is 271 g/mol. The maximum atomic E-state index is 12.4. The summed E-state index contributed by atoms with van der Waals surface area (Å²) < 4.78 is 1.68. The Hall–Kier alpha value is -2.63. The molecule has 6 nitrogen and oxygen atoms in total. The molecule has 1 aromatic heterocycles. The van der Waals surface area contributed by atoms with Gasteiger partial charge in [-0.15, -0.1) is 0 Å². The van der Waals surface area contributed by atoms with E-state index in [1.54, 1.807) is 11.6 Å². The molecule has 0 radical (unpaired) electrons. The summed E-state index contributed by atoms with van der Waals surface area (Å²) in [6.45, 7) is 2.13. The first-order chi connectivity index (χ1) is 9.49. The smallest absolute Gasteiger partial charge is 0.356 e. The molecule has 3 rings (SSSR count). The van der Waals surface area contributed by atoms with E-state index in [0.717, 1.165) is 5.56 Å². The number of aryl methyl sites for hydroxylation is 1. The first kappa shape index (κ1) is 12.4. The second-order valence-electron chi connectivity index (χ2n) is 4.90. The Morgan fingerprint density at radius 2 is 2.15 bits per heavy atom. The van der Waals surface area contributed by atoms with Gasteiger partial charge in [-0.1, -0.05) is 11.6 Å². The summed E-state index contributed by atoms with van der Waals surface area (Å²) in [5, 5.41) is 9.19. The minimum Gasteiger partial charge on any atom is -0.476 e.